The number of hydrogen-bond donors (Lipinski definition) is 2. The molecule has 1 saturated heterocycles. The molecule has 0 radical (unpaired) electrons. The molecule has 0 amide bonds. The maximum Gasteiger partial charge on any atom is 0.189 e. The molecule has 0 saturated carbocycles. The zero-order valence-electron chi connectivity index (χ0n) is 14.7. The van der Waals surface area contributed by atoms with Gasteiger partial charge in [-0.3, -0.25) is 5.43 Å². The number of rotatable bonds is 2. The molecular weight excluding hydrogens is 365 g/mol. The largest absolute Gasteiger partial charge is 0.383 e. The number of anilines is 2. The monoisotopic (exact) mass is 385 g/mol. The van der Waals surface area contributed by atoms with Crippen LogP contribution in [0.4, 0.5) is 15.9 Å². The van der Waals surface area contributed by atoms with Crippen molar-refractivity contribution in [2.45, 2.75) is 6.42 Å². The Bertz CT molecular complexity index is 850. The summed E-state index contributed by atoms with van der Waals surface area (Å²) < 4.78 is 13.3. The van der Waals surface area contributed by atoms with Crippen LogP contribution in [0.1, 0.15) is 12.1 Å². The summed E-state index contributed by atoms with van der Waals surface area (Å²) in [5.41, 5.74) is 5.09. The highest BCUT2D eigenvalue weighted by Gasteiger charge is 2.21. The maximum absolute atomic E-state index is 13.3. The van der Waals surface area contributed by atoms with E-state index in [1.54, 1.807) is 6.20 Å². The summed E-state index contributed by atoms with van der Waals surface area (Å²) in [6.45, 7) is 3.99. The first-order chi connectivity index (χ1) is 13.2. The third-order valence-electron chi connectivity index (χ3n) is 4.63. The SMILES string of the molecule is Fc1cnc2c(c1)NCC/C2=N/NC(=S)N1CCN(c2ccccn2)CC1. The van der Waals surface area contributed by atoms with Crippen LogP contribution in [0.25, 0.3) is 0 Å². The molecule has 0 unspecified atom stereocenters. The van der Waals surface area contributed by atoms with E-state index < -0.39 is 0 Å². The molecule has 1 fully saturated rings. The summed E-state index contributed by atoms with van der Waals surface area (Å²) in [6, 6.07) is 7.36. The fourth-order valence-electron chi connectivity index (χ4n) is 3.21. The van der Waals surface area contributed by atoms with Gasteiger partial charge in [-0.05, 0) is 24.4 Å². The Morgan fingerprint density at radius 1 is 1.22 bits per heavy atom. The van der Waals surface area contributed by atoms with Crippen molar-refractivity contribution in [1.82, 2.24) is 20.3 Å². The van der Waals surface area contributed by atoms with Crippen molar-refractivity contribution < 1.29 is 4.39 Å². The van der Waals surface area contributed by atoms with E-state index in [9.17, 15) is 4.39 Å². The second kappa shape index (κ2) is 7.83. The average Bonchev–Trinajstić information content (AvgIpc) is 2.72. The van der Waals surface area contributed by atoms with Gasteiger partial charge in [-0.15, -0.1) is 0 Å². The van der Waals surface area contributed by atoms with Crippen molar-refractivity contribution >= 4 is 34.5 Å². The molecular formula is C18H20FN7S. The molecule has 0 spiro atoms. The Hall–Kier alpha value is -2.81. The second-order valence-electron chi connectivity index (χ2n) is 6.36. The maximum atomic E-state index is 13.3. The molecule has 0 aliphatic carbocycles. The highest BCUT2D eigenvalue weighted by atomic mass is 32.1. The molecule has 7 nitrogen and oxygen atoms in total. The molecule has 0 aromatic carbocycles. The van der Waals surface area contributed by atoms with Gasteiger partial charge in [-0.25, -0.2) is 14.4 Å². The Balaban J connectivity index is 1.36. The third kappa shape index (κ3) is 3.97. The number of aromatic nitrogens is 2. The van der Waals surface area contributed by atoms with Gasteiger partial charge in [0.2, 0.25) is 0 Å². The van der Waals surface area contributed by atoms with Crippen molar-refractivity contribution in [2.75, 3.05) is 42.9 Å². The van der Waals surface area contributed by atoms with Gasteiger partial charge in [-0.2, -0.15) is 5.10 Å². The summed E-state index contributed by atoms with van der Waals surface area (Å²) in [6.07, 6.45) is 3.71. The predicted octanol–water partition coefficient (Wildman–Crippen LogP) is 1.83. The lowest BCUT2D eigenvalue weighted by atomic mass is 10.1. The minimum absolute atomic E-state index is 0.364. The smallest absolute Gasteiger partial charge is 0.189 e. The Labute approximate surface area is 162 Å². The molecule has 4 rings (SSSR count). The first-order valence-corrected chi connectivity index (χ1v) is 9.29. The summed E-state index contributed by atoms with van der Waals surface area (Å²) >= 11 is 5.49. The lowest BCUT2D eigenvalue weighted by Gasteiger charge is -2.36. The first kappa shape index (κ1) is 17.6. The standard InChI is InChI=1S/C18H20FN7S/c19-13-11-15-17(22-12-13)14(4-6-20-15)23-24-18(27)26-9-7-25(8-10-26)16-3-1-2-5-21-16/h1-3,5,11-12,20H,4,6-10H2,(H,24,27)/b23-14-. The highest BCUT2D eigenvalue weighted by molar-refractivity contribution is 7.80. The molecule has 27 heavy (non-hydrogen) atoms. The minimum atomic E-state index is -0.364. The van der Waals surface area contributed by atoms with Gasteiger partial charge >= 0.3 is 0 Å². The van der Waals surface area contributed by atoms with E-state index in [2.05, 4.69) is 35.6 Å². The highest BCUT2D eigenvalue weighted by Crippen LogP contribution is 2.20. The van der Waals surface area contributed by atoms with Crippen LogP contribution in [0, 0.1) is 5.82 Å². The van der Waals surface area contributed by atoms with Crippen molar-refractivity contribution in [3.63, 3.8) is 0 Å². The van der Waals surface area contributed by atoms with Crippen molar-refractivity contribution in [1.29, 1.82) is 0 Å². The van der Waals surface area contributed by atoms with Gasteiger partial charge < -0.3 is 15.1 Å². The minimum Gasteiger partial charge on any atom is -0.383 e. The van der Waals surface area contributed by atoms with Gasteiger partial charge in [0.15, 0.2) is 5.11 Å². The number of pyridine rings is 2. The molecule has 4 heterocycles. The van der Waals surface area contributed by atoms with E-state index in [0.29, 0.717) is 29.5 Å². The number of hydrogen-bond acceptors (Lipinski definition) is 6. The molecule has 2 aliphatic heterocycles. The molecule has 140 valence electrons. The van der Waals surface area contributed by atoms with Crippen molar-refractivity contribution in [3.8, 4) is 0 Å². The van der Waals surface area contributed by atoms with Crippen LogP contribution >= 0.6 is 12.2 Å². The van der Waals surface area contributed by atoms with Crippen LogP contribution in [-0.2, 0) is 0 Å². The normalized spacial score (nSPS) is 18.0. The topological polar surface area (TPSA) is 68.7 Å². The van der Waals surface area contributed by atoms with Gasteiger partial charge in [0.05, 0.1) is 17.6 Å². The van der Waals surface area contributed by atoms with Gasteiger partial charge in [0, 0.05) is 51.4 Å². The molecule has 2 N–H and O–H groups in total. The molecule has 9 heteroatoms. The average molecular weight is 385 g/mol. The zero-order valence-corrected chi connectivity index (χ0v) is 15.5. The Morgan fingerprint density at radius 3 is 2.85 bits per heavy atom. The fourth-order valence-corrected chi connectivity index (χ4v) is 3.44. The van der Waals surface area contributed by atoms with Crippen molar-refractivity contribution in [3.05, 3.63) is 48.2 Å². The van der Waals surface area contributed by atoms with Crippen LogP contribution in [0.3, 0.4) is 0 Å². The second-order valence-corrected chi connectivity index (χ2v) is 6.75. The van der Waals surface area contributed by atoms with Gasteiger partial charge in [-0.1, -0.05) is 6.07 Å². The van der Waals surface area contributed by atoms with Crippen LogP contribution < -0.4 is 15.6 Å². The van der Waals surface area contributed by atoms with E-state index in [1.807, 2.05) is 18.2 Å². The number of hydrazone groups is 1. The summed E-state index contributed by atoms with van der Waals surface area (Å²) in [5, 5.41) is 8.17. The quantitative estimate of drug-likeness (QED) is 0.604. The van der Waals surface area contributed by atoms with E-state index in [-0.39, 0.29) is 5.82 Å². The number of nitrogens with one attached hydrogen (secondary N) is 2. The summed E-state index contributed by atoms with van der Waals surface area (Å²) in [4.78, 5) is 12.9. The Kier molecular flexibility index (Phi) is 5.10. The van der Waals surface area contributed by atoms with Crippen LogP contribution in [0.15, 0.2) is 41.8 Å². The number of fused-ring (bicyclic) bond motifs is 1. The predicted molar refractivity (Wildman–Crippen MR) is 108 cm³/mol. The number of halogens is 1. The fraction of sp³-hybridized carbons (Fsp3) is 0.333. The molecule has 0 bridgehead atoms. The van der Waals surface area contributed by atoms with E-state index in [0.717, 1.165) is 37.7 Å². The van der Waals surface area contributed by atoms with Crippen LogP contribution in [0.2, 0.25) is 0 Å². The summed E-state index contributed by atoms with van der Waals surface area (Å²) in [7, 11) is 0. The molecule has 0 atom stereocenters. The Morgan fingerprint density at radius 2 is 2.07 bits per heavy atom. The lowest BCUT2D eigenvalue weighted by Crippen LogP contribution is -2.51. The van der Waals surface area contributed by atoms with Crippen LogP contribution in [-0.4, -0.2) is 58.4 Å². The number of thiocarbonyl (C=S) groups is 1. The number of nitrogens with zero attached hydrogens (tertiary/aromatic N) is 5. The number of piperazine rings is 1. The van der Waals surface area contributed by atoms with Crippen molar-refractivity contribution in [2.24, 2.45) is 5.10 Å². The summed E-state index contributed by atoms with van der Waals surface area (Å²) in [5.74, 6) is 0.623. The van der Waals surface area contributed by atoms with Gasteiger partial charge in [0.25, 0.3) is 0 Å². The van der Waals surface area contributed by atoms with E-state index in [1.165, 1.54) is 12.3 Å². The van der Waals surface area contributed by atoms with Gasteiger partial charge in [0.1, 0.15) is 17.3 Å². The van der Waals surface area contributed by atoms with E-state index >= 15 is 0 Å². The first-order valence-electron chi connectivity index (χ1n) is 8.88. The molecule has 2 aromatic rings. The van der Waals surface area contributed by atoms with E-state index in [4.69, 9.17) is 12.2 Å². The molecule has 2 aromatic heterocycles. The molecule has 2 aliphatic rings. The third-order valence-corrected chi connectivity index (χ3v) is 4.98. The zero-order chi connectivity index (χ0) is 18.6. The van der Waals surface area contributed by atoms with Crippen LogP contribution in [0.5, 0.6) is 0 Å². The lowest BCUT2D eigenvalue weighted by molar-refractivity contribution is 0.380.